The quantitative estimate of drug-likeness (QED) is 0.232. The predicted octanol–water partition coefficient (Wildman–Crippen LogP) is 7.26. The summed E-state index contributed by atoms with van der Waals surface area (Å²) < 4.78 is 0. The van der Waals surface area contributed by atoms with Crippen LogP contribution in [-0.2, 0) is 9.59 Å². The van der Waals surface area contributed by atoms with Crippen molar-refractivity contribution >= 4 is 11.9 Å². The van der Waals surface area contributed by atoms with Gasteiger partial charge in [-0.05, 0) is 48.9 Å². The van der Waals surface area contributed by atoms with Gasteiger partial charge >= 0.3 is 11.9 Å². The van der Waals surface area contributed by atoms with E-state index in [1.807, 2.05) is 0 Å². The molecular formula is C25H48O4. The van der Waals surface area contributed by atoms with E-state index in [0.717, 1.165) is 64.2 Å². The predicted molar refractivity (Wildman–Crippen MR) is 121 cm³/mol. The van der Waals surface area contributed by atoms with Gasteiger partial charge in [0.15, 0.2) is 0 Å². The van der Waals surface area contributed by atoms with Gasteiger partial charge in [-0.25, -0.2) is 0 Å². The summed E-state index contributed by atoms with van der Waals surface area (Å²) in [5.74, 6) is 0.667. The van der Waals surface area contributed by atoms with Crippen molar-refractivity contribution in [3.8, 4) is 0 Å². The zero-order valence-electron chi connectivity index (χ0n) is 20.0. The molecule has 0 aromatic carbocycles. The third-order valence-corrected chi connectivity index (χ3v) is 6.23. The molecule has 4 heteroatoms. The van der Waals surface area contributed by atoms with Gasteiger partial charge in [-0.3, -0.25) is 9.59 Å². The molecule has 172 valence electrons. The fourth-order valence-electron chi connectivity index (χ4n) is 4.62. The molecule has 3 unspecified atom stereocenters. The lowest BCUT2D eigenvalue weighted by Gasteiger charge is -2.36. The third kappa shape index (κ3) is 13.7. The van der Waals surface area contributed by atoms with E-state index in [2.05, 4.69) is 41.5 Å². The van der Waals surface area contributed by atoms with E-state index >= 15 is 0 Å². The minimum absolute atomic E-state index is 0.233. The molecule has 0 radical (unpaired) electrons. The van der Waals surface area contributed by atoms with Crippen molar-refractivity contribution in [3.63, 3.8) is 0 Å². The Hall–Kier alpha value is -1.06. The van der Waals surface area contributed by atoms with Gasteiger partial charge in [-0.15, -0.1) is 0 Å². The van der Waals surface area contributed by atoms with Gasteiger partial charge in [-0.1, -0.05) is 86.5 Å². The highest BCUT2D eigenvalue weighted by Gasteiger charge is 2.35. The molecule has 0 rings (SSSR count). The Labute approximate surface area is 179 Å². The number of hydrogen-bond acceptors (Lipinski definition) is 2. The van der Waals surface area contributed by atoms with Crippen molar-refractivity contribution in [2.24, 2.45) is 35.5 Å². The van der Waals surface area contributed by atoms with Gasteiger partial charge in [-0.2, -0.15) is 0 Å². The molecule has 0 aliphatic heterocycles. The van der Waals surface area contributed by atoms with Crippen molar-refractivity contribution in [3.05, 3.63) is 0 Å². The molecule has 29 heavy (non-hydrogen) atoms. The van der Waals surface area contributed by atoms with E-state index in [4.69, 9.17) is 5.11 Å². The SMILES string of the molecule is CC(C)CCC(CCCCCCCC(=O)O)C(C(C)C)C(CCC(C)C)C(=O)O. The van der Waals surface area contributed by atoms with Crippen molar-refractivity contribution in [2.75, 3.05) is 0 Å². The van der Waals surface area contributed by atoms with Crippen LogP contribution in [-0.4, -0.2) is 22.2 Å². The molecule has 0 aromatic rings. The summed E-state index contributed by atoms with van der Waals surface area (Å²) in [5.41, 5.74) is 0. The number of carbonyl (C=O) groups is 2. The molecule has 0 aromatic heterocycles. The lowest BCUT2D eigenvalue weighted by molar-refractivity contribution is -0.146. The van der Waals surface area contributed by atoms with Gasteiger partial charge in [0, 0.05) is 6.42 Å². The highest BCUT2D eigenvalue weighted by molar-refractivity contribution is 5.70. The summed E-state index contributed by atoms with van der Waals surface area (Å²) in [6, 6.07) is 0. The average molecular weight is 413 g/mol. The smallest absolute Gasteiger partial charge is 0.306 e. The fourth-order valence-corrected chi connectivity index (χ4v) is 4.62. The molecule has 0 aliphatic rings. The van der Waals surface area contributed by atoms with Crippen LogP contribution >= 0.6 is 0 Å². The Kier molecular flexibility index (Phi) is 15.2. The molecule has 0 fully saturated rings. The Balaban J connectivity index is 4.97. The highest BCUT2D eigenvalue weighted by Crippen LogP contribution is 2.38. The first kappa shape index (κ1) is 27.9. The minimum atomic E-state index is -0.709. The normalized spacial score (nSPS) is 15.1. The summed E-state index contributed by atoms with van der Waals surface area (Å²) in [6.07, 6.45) is 10.4. The standard InChI is InChI=1S/C25H48O4/c1-18(2)14-16-21(12-10-8-7-9-11-13-23(26)27)24(20(5)6)22(25(28)29)17-15-19(3)4/h18-22,24H,7-17H2,1-6H3,(H,26,27)(H,28,29). The van der Waals surface area contributed by atoms with Crippen molar-refractivity contribution in [2.45, 2.75) is 112 Å². The Bertz CT molecular complexity index is 442. The molecule has 0 amide bonds. The first-order valence-electron chi connectivity index (χ1n) is 12.0. The Morgan fingerprint density at radius 2 is 1.17 bits per heavy atom. The molecule has 0 saturated heterocycles. The molecule has 4 nitrogen and oxygen atoms in total. The van der Waals surface area contributed by atoms with Crippen LogP contribution in [0.15, 0.2) is 0 Å². The molecule has 0 bridgehead atoms. The van der Waals surface area contributed by atoms with Gasteiger partial charge in [0.2, 0.25) is 0 Å². The molecular weight excluding hydrogens is 364 g/mol. The monoisotopic (exact) mass is 412 g/mol. The van der Waals surface area contributed by atoms with Crippen LogP contribution in [0.3, 0.4) is 0 Å². The molecule has 2 N–H and O–H groups in total. The molecule has 3 atom stereocenters. The molecule has 0 spiro atoms. The molecule has 0 heterocycles. The maximum absolute atomic E-state index is 12.2. The Morgan fingerprint density at radius 1 is 0.655 bits per heavy atom. The lowest BCUT2D eigenvalue weighted by atomic mass is 9.69. The first-order valence-corrected chi connectivity index (χ1v) is 12.0. The van der Waals surface area contributed by atoms with Crippen LogP contribution in [0.4, 0.5) is 0 Å². The summed E-state index contributed by atoms with van der Waals surface area (Å²) in [7, 11) is 0. The second-order valence-corrected chi connectivity index (χ2v) is 10.2. The fraction of sp³-hybridized carbons (Fsp3) is 0.920. The van der Waals surface area contributed by atoms with Crippen molar-refractivity contribution in [1.82, 2.24) is 0 Å². The van der Waals surface area contributed by atoms with E-state index < -0.39 is 11.9 Å². The first-order chi connectivity index (χ1) is 13.6. The van der Waals surface area contributed by atoms with Gasteiger partial charge < -0.3 is 10.2 Å². The number of unbranched alkanes of at least 4 members (excludes halogenated alkanes) is 4. The van der Waals surface area contributed by atoms with Crippen LogP contribution in [0.2, 0.25) is 0 Å². The second kappa shape index (κ2) is 15.7. The maximum Gasteiger partial charge on any atom is 0.306 e. The van der Waals surface area contributed by atoms with E-state index in [1.165, 1.54) is 0 Å². The topological polar surface area (TPSA) is 74.6 Å². The van der Waals surface area contributed by atoms with Crippen molar-refractivity contribution < 1.29 is 19.8 Å². The molecule has 0 saturated carbocycles. The second-order valence-electron chi connectivity index (χ2n) is 10.2. The summed E-state index contributed by atoms with van der Waals surface area (Å²) in [5, 5.41) is 18.7. The van der Waals surface area contributed by atoms with Crippen molar-refractivity contribution in [1.29, 1.82) is 0 Å². The van der Waals surface area contributed by atoms with Crippen LogP contribution < -0.4 is 0 Å². The van der Waals surface area contributed by atoms with Crippen LogP contribution in [0.5, 0.6) is 0 Å². The maximum atomic E-state index is 12.2. The van der Waals surface area contributed by atoms with E-state index in [0.29, 0.717) is 23.7 Å². The number of aliphatic carboxylic acids is 2. The van der Waals surface area contributed by atoms with Crippen LogP contribution in [0.25, 0.3) is 0 Å². The lowest BCUT2D eigenvalue weighted by Crippen LogP contribution is -2.34. The zero-order valence-corrected chi connectivity index (χ0v) is 20.0. The number of rotatable bonds is 18. The summed E-state index contributed by atoms with van der Waals surface area (Å²) in [6.45, 7) is 13.2. The largest absolute Gasteiger partial charge is 0.481 e. The third-order valence-electron chi connectivity index (χ3n) is 6.23. The van der Waals surface area contributed by atoms with Crippen LogP contribution in [0.1, 0.15) is 112 Å². The van der Waals surface area contributed by atoms with Gasteiger partial charge in [0.1, 0.15) is 0 Å². The molecule has 0 aliphatic carbocycles. The number of carboxylic acid groups (broad SMARTS) is 2. The van der Waals surface area contributed by atoms with Crippen LogP contribution in [0, 0.1) is 35.5 Å². The van der Waals surface area contributed by atoms with E-state index in [-0.39, 0.29) is 18.3 Å². The van der Waals surface area contributed by atoms with E-state index in [1.54, 1.807) is 0 Å². The summed E-state index contributed by atoms with van der Waals surface area (Å²) >= 11 is 0. The van der Waals surface area contributed by atoms with E-state index in [9.17, 15) is 14.7 Å². The summed E-state index contributed by atoms with van der Waals surface area (Å²) in [4.78, 5) is 22.8. The Morgan fingerprint density at radius 3 is 1.66 bits per heavy atom. The zero-order chi connectivity index (χ0) is 22.4. The van der Waals surface area contributed by atoms with Gasteiger partial charge in [0.05, 0.1) is 5.92 Å². The highest BCUT2D eigenvalue weighted by atomic mass is 16.4. The average Bonchev–Trinajstić information content (AvgIpc) is 2.59. The minimum Gasteiger partial charge on any atom is -0.481 e. The number of hydrogen-bond donors (Lipinski definition) is 2. The van der Waals surface area contributed by atoms with Gasteiger partial charge in [0.25, 0.3) is 0 Å². The number of carboxylic acids is 2.